The van der Waals surface area contributed by atoms with E-state index in [1.165, 1.54) is 26.6 Å². The number of thiophene rings is 1. The van der Waals surface area contributed by atoms with Gasteiger partial charge in [-0.15, -0.1) is 34.4 Å². The third-order valence-corrected chi connectivity index (χ3v) is 11.1. The molecule has 1 N–H and O–H groups in total. The van der Waals surface area contributed by atoms with Crippen LogP contribution in [0, 0.1) is 5.92 Å². The highest BCUT2D eigenvalue weighted by atomic mass is 35.5. The molecule has 2 aliphatic heterocycles. The lowest BCUT2D eigenvalue weighted by molar-refractivity contribution is -0.120. The predicted octanol–water partition coefficient (Wildman–Crippen LogP) is 5.17. The zero-order valence-electron chi connectivity index (χ0n) is 16.2. The van der Waals surface area contributed by atoms with E-state index in [9.17, 15) is 13.2 Å². The summed E-state index contributed by atoms with van der Waals surface area (Å²) in [5.41, 5.74) is 2.02. The zero-order valence-corrected chi connectivity index (χ0v) is 20.2. The van der Waals surface area contributed by atoms with Crippen LogP contribution in [0.5, 0.6) is 0 Å². The molecular weight excluding hydrogens is 494 g/mol. The number of carbonyl (C=O) groups excluding carboxylic acids is 1. The molecule has 0 saturated carbocycles. The lowest BCUT2D eigenvalue weighted by atomic mass is 9.99. The van der Waals surface area contributed by atoms with Crippen LogP contribution in [0.2, 0.25) is 4.34 Å². The van der Waals surface area contributed by atoms with Crippen molar-refractivity contribution in [2.75, 3.05) is 18.4 Å². The molecule has 5 rings (SSSR count). The van der Waals surface area contributed by atoms with Crippen molar-refractivity contribution in [3.8, 4) is 11.3 Å². The summed E-state index contributed by atoms with van der Waals surface area (Å²) >= 11 is 10.2. The molecule has 1 saturated heterocycles. The predicted molar refractivity (Wildman–Crippen MR) is 127 cm³/mol. The van der Waals surface area contributed by atoms with E-state index in [1.54, 1.807) is 17.8 Å². The standard InChI is InChI=1S/C20H18ClN3O3S4/c21-16-7-8-17(30-16)31(26,27)24-9-3-4-12(10-24)19(25)23-20-22-18-13-5-1-2-6-14(13)28-11-15(18)29-20/h1-2,5-8,12H,3-4,9-11H2,(H,22,23,25). The van der Waals surface area contributed by atoms with Gasteiger partial charge in [0.05, 0.1) is 15.9 Å². The second-order valence-corrected chi connectivity index (χ2v) is 13.3. The Morgan fingerprint density at radius 3 is 2.84 bits per heavy atom. The number of nitrogens with one attached hydrogen (secondary N) is 1. The number of amides is 1. The Bertz CT molecular complexity index is 1250. The third-order valence-electron chi connectivity index (χ3n) is 5.33. The van der Waals surface area contributed by atoms with E-state index in [1.807, 2.05) is 18.2 Å². The molecule has 31 heavy (non-hydrogen) atoms. The first-order valence-electron chi connectivity index (χ1n) is 9.70. The summed E-state index contributed by atoms with van der Waals surface area (Å²) in [6.45, 7) is 0.564. The van der Waals surface area contributed by atoms with E-state index in [2.05, 4.69) is 16.4 Å². The van der Waals surface area contributed by atoms with Gasteiger partial charge in [0.2, 0.25) is 5.91 Å². The van der Waals surface area contributed by atoms with Crippen LogP contribution in [0.4, 0.5) is 5.13 Å². The fourth-order valence-corrected chi connectivity index (χ4v) is 9.06. The van der Waals surface area contributed by atoms with Crippen LogP contribution in [0.3, 0.4) is 0 Å². The van der Waals surface area contributed by atoms with Gasteiger partial charge in [0, 0.05) is 34.2 Å². The number of thiazole rings is 1. The van der Waals surface area contributed by atoms with Crippen molar-refractivity contribution in [1.29, 1.82) is 0 Å². The molecule has 6 nitrogen and oxygen atoms in total. The van der Waals surface area contributed by atoms with E-state index in [-0.39, 0.29) is 16.7 Å². The number of halogens is 1. The summed E-state index contributed by atoms with van der Waals surface area (Å²) in [6.07, 6.45) is 1.28. The fraction of sp³-hybridized carbons (Fsp3) is 0.300. The minimum absolute atomic E-state index is 0.160. The summed E-state index contributed by atoms with van der Waals surface area (Å²) in [7, 11) is -3.64. The van der Waals surface area contributed by atoms with Crippen molar-refractivity contribution in [2.24, 2.45) is 5.92 Å². The van der Waals surface area contributed by atoms with Crippen LogP contribution in [0.1, 0.15) is 17.7 Å². The zero-order chi connectivity index (χ0) is 21.6. The van der Waals surface area contributed by atoms with Crippen molar-refractivity contribution in [3.63, 3.8) is 0 Å². The Hall–Kier alpha value is -1.43. The Morgan fingerprint density at radius 2 is 2.03 bits per heavy atom. The number of anilines is 1. The van der Waals surface area contributed by atoms with Gasteiger partial charge in [-0.3, -0.25) is 4.79 Å². The molecule has 1 fully saturated rings. The number of sulfonamides is 1. The first-order valence-corrected chi connectivity index (χ1v) is 14.1. The largest absolute Gasteiger partial charge is 0.302 e. The Kier molecular flexibility index (Phi) is 5.87. The van der Waals surface area contributed by atoms with Crippen molar-refractivity contribution < 1.29 is 13.2 Å². The Balaban J connectivity index is 1.31. The molecule has 1 unspecified atom stereocenters. The molecule has 11 heteroatoms. The molecule has 0 radical (unpaired) electrons. The van der Waals surface area contributed by atoms with E-state index in [0.29, 0.717) is 28.9 Å². The van der Waals surface area contributed by atoms with E-state index in [0.717, 1.165) is 33.2 Å². The summed E-state index contributed by atoms with van der Waals surface area (Å²) in [5.74, 6) is 0.233. The minimum Gasteiger partial charge on any atom is -0.302 e. The molecule has 0 spiro atoms. The van der Waals surface area contributed by atoms with Gasteiger partial charge in [-0.1, -0.05) is 29.8 Å². The molecule has 2 aliphatic rings. The van der Waals surface area contributed by atoms with Gasteiger partial charge >= 0.3 is 0 Å². The number of rotatable bonds is 4. The molecule has 1 aromatic carbocycles. The third kappa shape index (κ3) is 4.17. The number of thioether (sulfide) groups is 1. The average molecular weight is 512 g/mol. The van der Waals surface area contributed by atoms with Gasteiger partial charge in [-0.05, 0) is 31.0 Å². The maximum Gasteiger partial charge on any atom is 0.252 e. The van der Waals surface area contributed by atoms with Crippen LogP contribution in [0.25, 0.3) is 11.3 Å². The average Bonchev–Trinajstić information content (AvgIpc) is 3.40. The Morgan fingerprint density at radius 1 is 1.19 bits per heavy atom. The van der Waals surface area contributed by atoms with E-state index < -0.39 is 15.9 Å². The second-order valence-electron chi connectivity index (χ2n) is 7.33. The quantitative estimate of drug-likeness (QED) is 0.522. The summed E-state index contributed by atoms with van der Waals surface area (Å²) in [6, 6.07) is 11.2. The number of nitrogens with zero attached hydrogens (tertiary/aromatic N) is 2. The number of hydrogen-bond donors (Lipinski definition) is 1. The van der Waals surface area contributed by atoms with Gasteiger partial charge < -0.3 is 5.32 Å². The number of carbonyl (C=O) groups is 1. The van der Waals surface area contributed by atoms with Crippen LogP contribution < -0.4 is 5.32 Å². The summed E-state index contributed by atoms with van der Waals surface area (Å²) < 4.78 is 27.8. The van der Waals surface area contributed by atoms with Crippen LogP contribution in [-0.2, 0) is 20.6 Å². The first-order chi connectivity index (χ1) is 14.9. The molecule has 0 bridgehead atoms. The molecule has 4 heterocycles. The SMILES string of the molecule is O=C(Nc1nc2c(s1)CSc1ccccc1-2)C1CCCN(S(=O)(=O)c2ccc(Cl)s2)C1. The highest BCUT2D eigenvalue weighted by molar-refractivity contribution is 7.98. The molecule has 0 aliphatic carbocycles. The van der Waals surface area contributed by atoms with Crippen LogP contribution in [-0.4, -0.2) is 36.7 Å². The molecule has 2 aromatic heterocycles. The number of fused-ring (bicyclic) bond motifs is 3. The van der Waals surface area contributed by atoms with Gasteiger partial charge in [0.15, 0.2) is 5.13 Å². The molecular formula is C20H18ClN3O3S4. The smallest absolute Gasteiger partial charge is 0.252 e. The molecule has 3 aromatic rings. The molecule has 1 amide bonds. The van der Waals surface area contributed by atoms with E-state index >= 15 is 0 Å². The summed E-state index contributed by atoms with van der Waals surface area (Å²) in [4.78, 5) is 20.0. The lowest BCUT2D eigenvalue weighted by Crippen LogP contribution is -2.43. The number of benzene rings is 1. The van der Waals surface area contributed by atoms with Crippen molar-refractivity contribution in [3.05, 3.63) is 45.6 Å². The van der Waals surface area contributed by atoms with Gasteiger partial charge in [-0.2, -0.15) is 4.31 Å². The number of piperidine rings is 1. The maximum absolute atomic E-state index is 12.9. The molecule has 1 atom stereocenters. The summed E-state index contributed by atoms with van der Waals surface area (Å²) in [5, 5.41) is 3.50. The van der Waals surface area contributed by atoms with Crippen LogP contribution in [0.15, 0.2) is 45.5 Å². The van der Waals surface area contributed by atoms with E-state index in [4.69, 9.17) is 11.6 Å². The first kappa shape index (κ1) is 21.4. The topological polar surface area (TPSA) is 79.4 Å². The van der Waals surface area contributed by atoms with Crippen molar-refractivity contribution >= 4 is 67.1 Å². The number of hydrogen-bond acceptors (Lipinski definition) is 7. The molecule has 162 valence electrons. The minimum atomic E-state index is -3.64. The highest BCUT2D eigenvalue weighted by Gasteiger charge is 2.34. The van der Waals surface area contributed by atoms with Crippen molar-refractivity contribution in [2.45, 2.75) is 27.7 Å². The monoisotopic (exact) mass is 511 g/mol. The van der Waals surface area contributed by atoms with Gasteiger partial charge in [0.1, 0.15) is 4.21 Å². The Labute approximate surface area is 197 Å². The highest BCUT2D eigenvalue weighted by Crippen LogP contribution is 2.44. The lowest BCUT2D eigenvalue weighted by Gasteiger charge is -2.30. The number of aromatic nitrogens is 1. The fourth-order valence-electron chi connectivity index (χ4n) is 3.79. The van der Waals surface area contributed by atoms with Crippen LogP contribution >= 0.6 is 46.0 Å². The van der Waals surface area contributed by atoms with Gasteiger partial charge in [0.25, 0.3) is 10.0 Å². The second kappa shape index (κ2) is 8.49. The normalized spacial score (nSPS) is 18.9. The van der Waals surface area contributed by atoms with Crippen molar-refractivity contribution in [1.82, 2.24) is 9.29 Å². The maximum atomic E-state index is 12.9. The van der Waals surface area contributed by atoms with Gasteiger partial charge in [-0.25, -0.2) is 13.4 Å².